The van der Waals surface area contributed by atoms with Crippen molar-refractivity contribution in [2.75, 3.05) is 0 Å². The van der Waals surface area contributed by atoms with E-state index in [1.165, 1.54) is 0 Å². The van der Waals surface area contributed by atoms with Gasteiger partial charge in [0.15, 0.2) is 0 Å². The van der Waals surface area contributed by atoms with Gasteiger partial charge in [0.05, 0.1) is 0 Å². The molecule has 0 spiro atoms. The summed E-state index contributed by atoms with van der Waals surface area (Å²) in [6, 6.07) is 0. The van der Waals surface area contributed by atoms with Gasteiger partial charge in [-0.15, -0.1) is 0 Å². The minimum Gasteiger partial charge on any atom is -0.487 e. The summed E-state index contributed by atoms with van der Waals surface area (Å²) >= 11 is -1.26. The Balaban J connectivity index is 2.95. The molecule has 0 N–H and O–H groups in total. The lowest BCUT2D eigenvalue weighted by Gasteiger charge is -2.05. The molecule has 0 aromatic heterocycles. The first-order valence-corrected chi connectivity index (χ1v) is 5.79. The third kappa shape index (κ3) is 6.78. The average molecular weight is 137 g/mol. The van der Waals surface area contributed by atoms with Crippen LogP contribution in [0.4, 0.5) is 0 Å². The van der Waals surface area contributed by atoms with Crippen LogP contribution in [0.25, 0.3) is 0 Å². The van der Waals surface area contributed by atoms with Crippen LogP contribution in [0.3, 0.4) is 0 Å². The summed E-state index contributed by atoms with van der Waals surface area (Å²) in [5.74, 6) is 1.95. The van der Waals surface area contributed by atoms with E-state index in [1.807, 2.05) is 19.6 Å². The van der Waals surface area contributed by atoms with Crippen LogP contribution in [0.1, 0.15) is 13.8 Å². The number of rotatable bonds is 2. The first-order chi connectivity index (χ1) is 3.13. The van der Waals surface area contributed by atoms with Gasteiger partial charge in [0, 0.05) is 6.10 Å². The monoisotopic (exact) mass is 136 g/mol. The first-order valence-electron chi connectivity index (χ1n) is 2.42. The highest BCUT2D eigenvalue weighted by Gasteiger charge is 2.09. The fourth-order valence-corrected chi connectivity index (χ4v) is 1.74. The van der Waals surface area contributed by atoms with Gasteiger partial charge in [0.2, 0.25) is 0 Å². The van der Waals surface area contributed by atoms with Crippen molar-refractivity contribution in [1.82, 2.24) is 0 Å². The molecule has 0 amide bonds. The van der Waals surface area contributed by atoms with Crippen LogP contribution in [0.5, 0.6) is 0 Å². The second-order valence-electron chi connectivity index (χ2n) is 1.73. The Kier molecular flexibility index (Phi) is 4.16. The summed E-state index contributed by atoms with van der Waals surface area (Å²) in [5, 5.41) is 0. The molecule has 0 saturated carbocycles. The van der Waals surface area contributed by atoms with Crippen LogP contribution >= 0.6 is 10.0 Å². The molecule has 0 aliphatic rings. The zero-order valence-corrected chi connectivity index (χ0v) is 6.85. The Morgan fingerprint density at radius 2 is 2.00 bits per heavy atom. The van der Waals surface area contributed by atoms with Gasteiger partial charge in [-0.25, -0.2) is 10.0 Å². The molecule has 3 heteroatoms. The largest absolute Gasteiger partial charge is 0.588 e. The van der Waals surface area contributed by atoms with E-state index >= 15 is 0 Å². The van der Waals surface area contributed by atoms with Crippen molar-refractivity contribution in [3.05, 3.63) is 0 Å². The molecule has 1 nitrogen and oxygen atoms in total. The molecule has 0 rings (SSSR count). The second kappa shape index (κ2) is 3.74. The van der Waals surface area contributed by atoms with Crippen LogP contribution in [0, 0.1) is 0 Å². The lowest BCUT2D eigenvalue weighted by Crippen LogP contribution is -2.11. The van der Waals surface area contributed by atoms with Crippen molar-refractivity contribution in [1.29, 1.82) is 0 Å². The van der Waals surface area contributed by atoms with E-state index in [1.54, 1.807) is 0 Å². The predicted molar refractivity (Wildman–Crippen MR) is 33.7 cm³/mol. The maximum Gasteiger partial charge on any atom is 0.588 e. The number of hydrogen-bond donors (Lipinski definition) is 0. The van der Waals surface area contributed by atoms with E-state index in [0.29, 0.717) is 6.10 Å². The van der Waals surface area contributed by atoms with Gasteiger partial charge in [0.1, 0.15) is 0 Å². The quantitative estimate of drug-likeness (QED) is 0.526. The Labute approximate surface area is 53.5 Å². The maximum absolute atomic E-state index is 5.59. The van der Waals surface area contributed by atoms with Gasteiger partial charge in [-0.3, -0.25) is 0 Å². The SMILES string of the molecule is CC(C)[O][Al]([CH3])[Cl]. The van der Waals surface area contributed by atoms with E-state index in [0.717, 1.165) is 0 Å². The Bertz CT molecular complexity index is 41.0. The van der Waals surface area contributed by atoms with E-state index in [4.69, 9.17) is 13.8 Å². The van der Waals surface area contributed by atoms with Crippen LogP contribution in [0.2, 0.25) is 5.79 Å². The van der Waals surface area contributed by atoms with Crippen molar-refractivity contribution in [3.8, 4) is 0 Å². The maximum atomic E-state index is 5.59. The highest BCUT2D eigenvalue weighted by molar-refractivity contribution is 7.02. The third-order valence-corrected chi connectivity index (χ3v) is 1.69. The summed E-state index contributed by atoms with van der Waals surface area (Å²) < 4.78 is 5.15. The fourth-order valence-electron chi connectivity index (χ4n) is 0.375. The van der Waals surface area contributed by atoms with Gasteiger partial charge >= 0.3 is 13.6 Å². The normalized spacial score (nSPS) is 9.86. The molecule has 0 heterocycles. The van der Waals surface area contributed by atoms with Crippen LogP contribution < -0.4 is 0 Å². The zero-order chi connectivity index (χ0) is 5.86. The summed E-state index contributed by atoms with van der Waals surface area (Å²) in [5.41, 5.74) is 0. The molecule has 0 aromatic carbocycles. The highest BCUT2D eigenvalue weighted by atomic mass is 35.6. The lowest BCUT2D eigenvalue weighted by atomic mass is 10.5. The minimum absolute atomic E-state index is 0.305. The molecule has 0 aliphatic carbocycles. The van der Waals surface area contributed by atoms with Crippen molar-refractivity contribution in [2.24, 2.45) is 0 Å². The Morgan fingerprint density at radius 3 is 2.00 bits per heavy atom. The molecule has 0 saturated heterocycles. The van der Waals surface area contributed by atoms with Crippen LogP contribution in [-0.4, -0.2) is 19.7 Å². The number of hydrogen-bond acceptors (Lipinski definition) is 1. The molecule has 0 aromatic rings. The van der Waals surface area contributed by atoms with E-state index in [-0.39, 0.29) is 0 Å². The minimum atomic E-state index is -1.26. The van der Waals surface area contributed by atoms with Gasteiger partial charge in [-0.2, -0.15) is 0 Å². The average Bonchev–Trinajstić information content (AvgIpc) is 1.27. The summed E-state index contributed by atoms with van der Waals surface area (Å²) in [6.07, 6.45) is 0.305. The Morgan fingerprint density at radius 1 is 1.57 bits per heavy atom. The molecule has 0 bridgehead atoms. The summed E-state index contributed by atoms with van der Waals surface area (Å²) in [7, 11) is 5.59. The second-order valence-corrected chi connectivity index (χ2v) is 4.93. The highest BCUT2D eigenvalue weighted by Crippen LogP contribution is 1.95. The molecule has 0 radical (unpaired) electrons. The molecular formula is C4H10AlClO. The predicted octanol–water partition coefficient (Wildman–Crippen LogP) is 1.77. The standard InChI is InChI=1S/C3H7O.CH3.Al.ClH/c1-3(2)4;;;/h3H,1-2H3;1H3;;1H/q-1;;+2;/p-1. The number of halogens is 1. The topological polar surface area (TPSA) is 9.23 Å². The summed E-state index contributed by atoms with van der Waals surface area (Å²) in [6.45, 7) is 3.98. The van der Waals surface area contributed by atoms with Crippen molar-refractivity contribution in [3.63, 3.8) is 0 Å². The van der Waals surface area contributed by atoms with Gasteiger partial charge in [-0.1, -0.05) is 5.79 Å². The Hall–Kier alpha value is 0.782. The van der Waals surface area contributed by atoms with Gasteiger partial charge in [0.25, 0.3) is 0 Å². The molecule has 0 fully saturated rings. The van der Waals surface area contributed by atoms with E-state index < -0.39 is 13.6 Å². The third-order valence-electron chi connectivity index (χ3n) is 0.460. The molecule has 7 heavy (non-hydrogen) atoms. The smallest absolute Gasteiger partial charge is 0.487 e. The van der Waals surface area contributed by atoms with Crippen molar-refractivity contribution in [2.45, 2.75) is 25.7 Å². The van der Waals surface area contributed by atoms with Crippen LogP contribution in [0.15, 0.2) is 0 Å². The van der Waals surface area contributed by atoms with Gasteiger partial charge in [-0.05, 0) is 13.8 Å². The first kappa shape index (κ1) is 7.78. The van der Waals surface area contributed by atoms with Crippen LogP contribution in [-0.2, 0) is 3.79 Å². The molecule has 0 aliphatic heterocycles. The molecular weight excluding hydrogens is 126 g/mol. The van der Waals surface area contributed by atoms with Crippen molar-refractivity contribution >= 4 is 23.6 Å². The van der Waals surface area contributed by atoms with Crippen molar-refractivity contribution < 1.29 is 3.79 Å². The van der Waals surface area contributed by atoms with Gasteiger partial charge < -0.3 is 3.79 Å². The molecule has 42 valence electrons. The molecule has 0 atom stereocenters. The molecule has 0 unspecified atom stereocenters. The zero-order valence-electron chi connectivity index (χ0n) is 4.94. The summed E-state index contributed by atoms with van der Waals surface area (Å²) in [4.78, 5) is 0. The van der Waals surface area contributed by atoms with E-state index in [2.05, 4.69) is 0 Å². The fraction of sp³-hybridized carbons (Fsp3) is 1.00. The van der Waals surface area contributed by atoms with E-state index in [9.17, 15) is 0 Å². The lowest BCUT2D eigenvalue weighted by molar-refractivity contribution is 0.253.